The van der Waals surface area contributed by atoms with Crippen molar-refractivity contribution in [3.8, 4) is 5.75 Å². The highest BCUT2D eigenvalue weighted by atomic mass is 16.5. The SMILES string of the molecule is CC(C)Oc1ccccc1CNC1CCOCC1. The zero-order chi connectivity index (χ0) is 12.8. The normalized spacial score (nSPS) is 17.1. The highest BCUT2D eigenvalue weighted by Gasteiger charge is 2.13. The predicted octanol–water partition coefficient (Wildman–Crippen LogP) is 2.74. The molecule has 100 valence electrons. The lowest BCUT2D eigenvalue weighted by molar-refractivity contribution is 0.0775. The van der Waals surface area contributed by atoms with Crippen molar-refractivity contribution in [1.82, 2.24) is 5.32 Å². The van der Waals surface area contributed by atoms with Gasteiger partial charge in [0, 0.05) is 31.4 Å². The van der Waals surface area contributed by atoms with Crippen molar-refractivity contribution >= 4 is 0 Å². The van der Waals surface area contributed by atoms with Gasteiger partial charge in [0.25, 0.3) is 0 Å². The molecule has 0 radical (unpaired) electrons. The minimum Gasteiger partial charge on any atom is -0.491 e. The fourth-order valence-corrected chi connectivity index (χ4v) is 2.17. The minimum atomic E-state index is 0.217. The lowest BCUT2D eigenvalue weighted by atomic mass is 10.1. The lowest BCUT2D eigenvalue weighted by Crippen LogP contribution is -2.34. The first-order valence-corrected chi connectivity index (χ1v) is 6.81. The van der Waals surface area contributed by atoms with Gasteiger partial charge in [0.1, 0.15) is 5.75 Å². The van der Waals surface area contributed by atoms with Crippen molar-refractivity contribution in [2.45, 2.75) is 45.4 Å². The van der Waals surface area contributed by atoms with Gasteiger partial charge in [-0.2, -0.15) is 0 Å². The summed E-state index contributed by atoms with van der Waals surface area (Å²) in [4.78, 5) is 0. The third kappa shape index (κ3) is 4.00. The maximum atomic E-state index is 5.82. The molecule has 1 N–H and O–H groups in total. The Morgan fingerprint density at radius 1 is 1.28 bits per heavy atom. The molecule has 1 heterocycles. The summed E-state index contributed by atoms with van der Waals surface area (Å²) in [5, 5.41) is 3.59. The van der Waals surface area contributed by atoms with Crippen molar-refractivity contribution < 1.29 is 9.47 Å². The molecule has 1 aromatic carbocycles. The molecule has 3 nitrogen and oxygen atoms in total. The summed E-state index contributed by atoms with van der Waals surface area (Å²) in [7, 11) is 0. The molecule has 2 rings (SSSR count). The quantitative estimate of drug-likeness (QED) is 0.870. The summed E-state index contributed by atoms with van der Waals surface area (Å²) in [6.07, 6.45) is 2.43. The van der Waals surface area contributed by atoms with Crippen LogP contribution in [0.4, 0.5) is 0 Å². The van der Waals surface area contributed by atoms with E-state index in [-0.39, 0.29) is 6.10 Å². The molecule has 0 spiro atoms. The number of ether oxygens (including phenoxy) is 2. The van der Waals surface area contributed by atoms with Gasteiger partial charge in [-0.1, -0.05) is 18.2 Å². The number of para-hydroxylation sites is 1. The Labute approximate surface area is 109 Å². The van der Waals surface area contributed by atoms with Crippen molar-refractivity contribution in [2.24, 2.45) is 0 Å². The van der Waals surface area contributed by atoms with Gasteiger partial charge in [-0.15, -0.1) is 0 Å². The van der Waals surface area contributed by atoms with E-state index in [0.717, 1.165) is 38.3 Å². The molecule has 0 amide bonds. The van der Waals surface area contributed by atoms with E-state index in [1.807, 2.05) is 12.1 Å². The van der Waals surface area contributed by atoms with Crippen LogP contribution in [0.25, 0.3) is 0 Å². The van der Waals surface area contributed by atoms with Crippen molar-refractivity contribution in [2.75, 3.05) is 13.2 Å². The standard InChI is InChI=1S/C15H23NO2/c1-12(2)18-15-6-4-3-5-13(15)11-16-14-7-9-17-10-8-14/h3-6,12,14,16H,7-11H2,1-2H3. The number of benzene rings is 1. The van der Waals surface area contributed by atoms with Crippen LogP contribution in [0.1, 0.15) is 32.3 Å². The van der Waals surface area contributed by atoms with Crippen LogP contribution < -0.4 is 10.1 Å². The number of nitrogens with one attached hydrogen (secondary N) is 1. The van der Waals surface area contributed by atoms with Crippen LogP contribution in [-0.2, 0) is 11.3 Å². The average molecular weight is 249 g/mol. The Hall–Kier alpha value is -1.06. The van der Waals surface area contributed by atoms with Crippen molar-refractivity contribution in [1.29, 1.82) is 0 Å². The van der Waals surface area contributed by atoms with E-state index in [4.69, 9.17) is 9.47 Å². The molecule has 0 bridgehead atoms. The Kier molecular flexibility index (Phi) is 5.02. The van der Waals surface area contributed by atoms with E-state index in [0.29, 0.717) is 6.04 Å². The molecule has 1 aromatic rings. The van der Waals surface area contributed by atoms with Gasteiger partial charge in [0.05, 0.1) is 6.10 Å². The van der Waals surface area contributed by atoms with E-state index in [2.05, 4.69) is 31.3 Å². The Morgan fingerprint density at radius 2 is 2.00 bits per heavy atom. The zero-order valence-corrected chi connectivity index (χ0v) is 11.3. The van der Waals surface area contributed by atoms with Gasteiger partial charge in [-0.3, -0.25) is 0 Å². The molecule has 1 saturated heterocycles. The second-order valence-corrected chi connectivity index (χ2v) is 5.04. The fourth-order valence-electron chi connectivity index (χ4n) is 2.17. The first kappa shape index (κ1) is 13.4. The van der Waals surface area contributed by atoms with E-state index in [1.165, 1.54) is 5.56 Å². The predicted molar refractivity (Wildman–Crippen MR) is 72.9 cm³/mol. The van der Waals surface area contributed by atoms with Crippen molar-refractivity contribution in [3.63, 3.8) is 0 Å². The maximum Gasteiger partial charge on any atom is 0.124 e. The highest BCUT2D eigenvalue weighted by Crippen LogP contribution is 2.19. The van der Waals surface area contributed by atoms with Gasteiger partial charge in [0.15, 0.2) is 0 Å². The molecule has 1 aliphatic heterocycles. The maximum absolute atomic E-state index is 5.82. The van der Waals surface area contributed by atoms with Crippen LogP contribution in [0.2, 0.25) is 0 Å². The second kappa shape index (κ2) is 6.76. The molecular formula is C15H23NO2. The summed E-state index contributed by atoms with van der Waals surface area (Å²) >= 11 is 0. The summed E-state index contributed by atoms with van der Waals surface area (Å²) in [6.45, 7) is 6.74. The van der Waals surface area contributed by atoms with Crippen LogP contribution in [0.15, 0.2) is 24.3 Å². The molecule has 18 heavy (non-hydrogen) atoms. The van der Waals surface area contributed by atoms with Crippen LogP contribution in [0.3, 0.4) is 0 Å². The molecule has 1 aliphatic rings. The first-order chi connectivity index (χ1) is 8.75. The van der Waals surface area contributed by atoms with Gasteiger partial charge in [-0.05, 0) is 32.8 Å². The highest BCUT2D eigenvalue weighted by molar-refractivity contribution is 5.33. The fraction of sp³-hybridized carbons (Fsp3) is 0.600. The van der Waals surface area contributed by atoms with Crippen LogP contribution in [0, 0.1) is 0 Å². The third-order valence-electron chi connectivity index (χ3n) is 3.14. The number of hydrogen-bond acceptors (Lipinski definition) is 3. The number of hydrogen-bond donors (Lipinski definition) is 1. The third-order valence-corrected chi connectivity index (χ3v) is 3.14. The zero-order valence-electron chi connectivity index (χ0n) is 11.3. The summed E-state index contributed by atoms with van der Waals surface area (Å²) < 4.78 is 11.2. The summed E-state index contributed by atoms with van der Waals surface area (Å²) in [5.41, 5.74) is 1.23. The second-order valence-electron chi connectivity index (χ2n) is 5.04. The minimum absolute atomic E-state index is 0.217. The molecule has 0 unspecified atom stereocenters. The summed E-state index contributed by atoms with van der Waals surface area (Å²) in [5.74, 6) is 0.993. The van der Waals surface area contributed by atoms with Crippen LogP contribution >= 0.6 is 0 Å². The smallest absolute Gasteiger partial charge is 0.124 e. The molecule has 0 saturated carbocycles. The van der Waals surface area contributed by atoms with E-state index < -0.39 is 0 Å². The monoisotopic (exact) mass is 249 g/mol. The molecule has 0 aromatic heterocycles. The largest absolute Gasteiger partial charge is 0.491 e. The van der Waals surface area contributed by atoms with Gasteiger partial charge in [-0.25, -0.2) is 0 Å². The van der Waals surface area contributed by atoms with Crippen LogP contribution in [-0.4, -0.2) is 25.4 Å². The van der Waals surface area contributed by atoms with Gasteiger partial charge in [0.2, 0.25) is 0 Å². The van der Waals surface area contributed by atoms with E-state index in [9.17, 15) is 0 Å². The summed E-state index contributed by atoms with van der Waals surface area (Å²) in [6, 6.07) is 8.83. The molecule has 1 fully saturated rings. The topological polar surface area (TPSA) is 30.5 Å². The molecule has 3 heteroatoms. The average Bonchev–Trinajstić information content (AvgIpc) is 2.38. The van der Waals surface area contributed by atoms with Crippen LogP contribution in [0.5, 0.6) is 5.75 Å². The molecular weight excluding hydrogens is 226 g/mol. The molecule has 0 atom stereocenters. The molecule has 0 aliphatic carbocycles. The van der Waals surface area contributed by atoms with Gasteiger partial charge >= 0.3 is 0 Å². The van der Waals surface area contributed by atoms with Crippen molar-refractivity contribution in [3.05, 3.63) is 29.8 Å². The van der Waals surface area contributed by atoms with Gasteiger partial charge < -0.3 is 14.8 Å². The first-order valence-electron chi connectivity index (χ1n) is 6.81. The van der Waals surface area contributed by atoms with E-state index >= 15 is 0 Å². The Bertz CT molecular complexity index is 359. The Balaban J connectivity index is 1.91. The number of rotatable bonds is 5. The van der Waals surface area contributed by atoms with E-state index in [1.54, 1.807) is 0 Å². The lowest BCUT2D eigenvalue weighted by Gasteiger charge is -2.24. The Morgan fingerprint density at radius 3 is 2.72 bits per heavy atom.